The summed E-state index contributed by atoms with van der Waals surface area (Å²) in [5, 5.41) is 0. The quantitative estimate of drug-likeness (QED) is 0.637. The molecule has 0 bridgehead atoms. The molecule has 3 heteroatoms. The van der Waals surface area contributed by atoms with Crippen molar-refractivity contribution in [2.24, 2.45) is 5.92 Å². The number of rotatable bonds is 8. The van der Waals surface area contributed by atoms with Gasteiger partial charge in [0.2, 0.25) is 0 Å². The minimum absolute atomic E-state index is 0.344. The molecule has 3 nitrogen and oxygen atoms in total. The van der Waals surface area contributed by atoms with Crippen LogP contribution in [0.2, 0.25) is 0 Å². The first kappa shape index (κ1) is 18.3. The van der Waals surface area contributed by atoms with Crippen LogP contribution in [-0.2, 0) is 11.2 Å². The number of ketones is 1. The van der Waals surface area contributed by atoms with Crippen molar-refractivity contribution in [2.45, 2.75) is 46.0 Å². The normalized spacial score (nSPS) is 16.1. The highest BCUT2D eigenvalue weighted by Crippen LogP contribution is 2.28. The fourth-order valence-electron chi connectivity index (χ4n) is 3.11. The van der Waals surface area contributed by atoms with Gasteiger partial charge in [-0.25, -0.2) is 0 Å². The summed E-state index contributed by atoms with van der Waals surface area (Å²) in [5.41, 5.74) is 3.54. The van der Waals surface area contributed by atoms with Crippen LogP contribution in [0.3, 0.4) is 0 Å². The van der Waals surface area contributed by atoms with E-state index in [4.69, 9.17) is 9.47 Å². The standard InChI is InChI=1S/C21H28O3/c1-15(11-20-16(2)9-10-21(20)22)7-5-6-8-17-12-18(23-3)14-19(13-17)24-4/h5,7,12-15H,6,8-11H2,1-4H3. The molecule has 24 heavy (non-hydrogen) atoms. The molecule has 2 rings (SSSR count). The van der Waals surface area contributed by atoms with E-state index < -0.39 is 0 Å². The summed E-state index contributed by atoms with van der Waals surface area (Å²) in [7, 11) is 3.34. The van der Waals surface area contributed by atoms with Crippen LogP contribution in [0.5, 0.6) is 11.5 Å². The van der Waals surface area contributed by atoms with Gasteiger partial charge in [-0.3, -0.25) is 4.79 Å². The fourth-order valence-corrected chi connectivity index (χ4v) is 3.11. The molecule has 1 aromatic carbocycles. The highest BCUT2D eigenvalue weighted by molar-refractivity contribution is 5.98. The van der Waals surface area contributed by atoms with Crippen molar-refractivity contribution in [1.82, 2.24) is 0 Å². The smallest absolute Gasteiger partial charge is 0.159 e. The minimum Gasteiger partial charge on any atom is -0.497 e. The molecule has 1 aliphatic carbocycles. The molecule has 0 radical (unpaired) electrons. The number of aryl methyl sites for hydroxylation is 1. The molecule has 130 valence electrons. The van der Waals surface area contributed by atoms with Gasteiger partial charge in [-0.1, -0.05) is 24.6 Å². The highest BCUT2D eigenvalue weighted by Gasteiger charge is 2.20. The van der Waals surface area contributed by atoms with Crippen LogP contribution >= 0.6 is 0 Å². The predicted molar refractivity (Wildman–Crippen MR) is 97.7 cm³/mol. The molecule has 0 N–H and O–H groups in total. The van der Waals surface area contributed by atoms with Crippen LogP contribution in [-0.4, -0.2) is 20.0 Å². The summed E-state index contributed by atoms with van der Waals surface area (Å²) < 4.78 is 10.6. The Kier molecular flexibility index (Phi) is 6.65. The lowest BCUT2D eigenvalue weighted by Crippen LogP contribution is -2.01. The number of carbonyl (C=O) groups excluding carboxylic acids is 1. The largest absolute Gasteiger partial charge is 0.497 e. The van der Waals surface area contributed by atoms with Crippen LogP contribution in [0.25, 0.3) is 0 Å². The van der Waals surface area contributed by atoms with E-state index in [-0.39, 0.29) is 0 Å². The van der Waals surface area contributed by atoms with Gasteiger partial charge in [-0.15, -0.1) is 0 Å². The van der Waals surface area contributed by atoms with Crippen molar-refractivity contribution >= 4 is 5.78 Å². The lowest BCUT2D eigenvalue weighted by atomic mass is 9.97. The maximum absolute atomic E-state index is 11.9. The van der Waals surface area contributed by atoms with Crippen molar-refractivity contribution in [3.05, 3.63) is 47.1 Å². The Morgan fingerprint density at radius 2 is 1.79 bits per heavy atom. The van der Waals surface area contributed by atoms with E-state index >= 15 is 0 Å². The number of Topliss-reactive ketones (excluding diaryl/α,β-unsaturated/α-hetero) is 1. The van der Waals surface area contributed by atoms with Crippen molar-refractivity contribution in [1.29, 1.82) is 0 Å². The van der Waals surface area contributed by atoms with E-state index in [2.05, 4.69) is 26.0 Å². The second kappa shape index (κ2) is 8.72. The Morgan fingerprint density at radius 3 is 2.33 bits per heavy atom. The molecular weight excluding hydrogens is 300 g/mol. The summed E-state index contributed by atoms with van der Waals surface area (Å²) in [6.07, 6.45) is 8.87. The van der Waals surface area contributed by atoms with Gasteiger partial charge >= 0.3 is 0 Å². The number of benzene rings is 1. The van der Waals surface area contributed by atoms with Crippen molar-refractivity contribution in [3.8, 4) is 11.5 Å². The summed E-state index contributed by atoms with van der Waals surface area (Å²) in [6, 6.07) is 5.98. The molecule has 0 amide bonds. The molecule has 1 unspecified atom stereocenters. The summed E-state index contributed by atoms with van der Waals surface area (Å²) in [4.78, 5) is 11.9. The van der Waals surface area contributed by atoms with E-state index in [9.17, 15) is 4.79 Å². The van der Waals surface area contributed by atoms with Crippen molar-refractivity contribution in [3.63, 3.8) is 0 Å². The molecule has 0 saturated carbocycles. The average Bonchev–Trinajstić information content (AvgIpc) is 2.90. The van der Waals surface area contributed by atoms with E-state index in [0.29, 0.717) is 18.1 Å². The average molecular weight is 328 g/mol. The number of allylic oxidation sites excluding steroid dienone is 4. The first-order valence-corrected chi connectivity index (χ1v) is 8.64. The van der Waals surface area contributed by atoms with E-state index in [0.717, 1.165) is 42.8 Å². The van der Waals surface area contributed by atoms with E-state index in [1.807, 2.05) is 18.2 Å². The number of methoxy groups -OCH3 is 2. The number of ether oxygens (including phenoxy) is 2. The monoisotopic (exact) mass is 328 g/mol. The third kappa shape index (κ3) is 4.98. The van der Waals surface area contributed by atoms with Crippen molar-refractivity contribution < 1.29 is 14.3 Å². The first-order chi connectivity index (χ1) is 11.5. The molecule has 0 spiro atoms. The highest BCUT2D eigenvalue weighted by atomic mass is 16.5. The van der Waals surface area contributed by atoms with Gasteiger partial charge in [0.25, 0.3) is 0 Å². The Labute approximate surface area is 145 Å². The van der Waals surface area contributed by atoms with Gasteiger partial charge in [0, 0.05) is 12.5 Å². The van der Waals surface area contributed by atoms with Crippen LogP contribution in [0.15, 0.2) is 41.5 Å². The molecule has 1 atom stereocenters. The lowest BCUT2D eigenvalue weighted by molar-refractivity contribution is -0.115. The Bertz CT molecular complexity index is 618. The van der Waals surface area contributed by atoms with Crippen molar-refractivity contribution in [2.75, 3.05) is 14.2 Å². The molecule has 1 aromatic rings. The SMILES string of the molecule is COc1cc(CCC=CC(C)CC2=C(C)CCC2=O)cc(OC)c1. The van der Waals surface area contributed by atoms with E-state index in [1.54, 1.807) is 14.2 Å². The van der Waals surface area contributed by atoms with Gasteiger partial charge in [-0.2, -0.15) is 0 Å². The van der Waals surface area contributed by atoms with Crippen LogP contribution < -0.4 is 9.47 Å². The van der Waals surface area contributed by atoms with Gasteiger partial charge < -0.3 is 9.47 Å². The van der Waals surface area contributed by atoms with Gasteiger partial charge in [0.15, 0.2) is 5.78 Å². The predicted octanol–water partition coefficient (Wildman–Crippen LogP) is 4.90. The first-order valence-electron chi connectivity index (χ1n) is 8.64. The third-order valence-corrected chi connectivity index (χ3v) is 4.58. The zero-order valence-electron chi connectivity index (χ0n) is 15.2. The summed E-state index contributed by atoms with van der Waals surface area (Å²) in [6.45, 7) is 4.27. The minimum atomic E-state index is 0.344. The van der Waals surface area contributed by atoms with Gasteiger partial charge in [0.05, 0.1) is 14.2 Å². The molecule has 0 fully saturated rings. The number of carbonyl (C=O) groups is 1. The number of hydrogen-bond acceptors (Lipinski definition) is 3. The zero-order chi connectivity index (χ0) is 17.5. The molecule has 1 aliphatic rings. The van der Waals surface area contributed by atoms with Gasteiger partial charge in [0.1, 0.15) is 11.5 Å². The third-order valence-electron chi connectivity index (χ3n) is 4.58. The maximum Gasteiger partial charge on any atom is 0.159 e. The molecular formula is C21H28O3. The topological polar surface area (TPSA) is 35.5 Å². The Morgan fingerprint density at radius 1 is 1.12 bits per heavy atom. The Hall–Kier alpha value is -2.03. The zero-order valence-corrected chi connectivity index (χ0v) is 15.2. The molecule has 0 aliphatic heterocycles. The molecule has 0 aromatic heterocycles. The lowest BCUT2D eigenvalue weighted by Gasteiger charge is -2.09. The molecule has 0 heterocycles. The molecule has 0 saturated heterocycles. The Balaban J connectivity index is 1.86. The summed E-state index contributed by atoms with van der Waals surface area (Å²) >= 11 is 0. The van der Waals surface area contributed by atoms with E-state index in [1.165, 1.54) is 11.1 Å². The number of hydrogen-bond donors (Lipinski definition) is 0. The van der Waals surface area contributed by atoms with Crippen LogP contribution in [0.4, 0.5) is 0 Å². The van der Waals surface area contributed by atoms with Crippen LogP contribution in [0.1, 0.15) is 45.1 Å². The second-order valence-electron chi connectivity index (χ2n) is 6.55. The fraction of sp³-hybridized carbons (Fsp3) is 0.476. The van der Waals surface area contributed by atoms with Gasteiger partial charge in [-0.05, 0) is 61.8 Å². The second-order valence-corrected chi connectivity index (χ2v) is 6.55. The summed E-state index contributed by atoms with van der Waals surface area (Å²) in [5.74, 6) is 2.39. The van der Waals surface area contributed by atoms with Crippen LogP contribution in [0, 0.1) is 5.92 Å². The maximum atomic E-state index is 11.9.